The van der Waals surface area contributed by atoms with Gasteiger partial charge in [0.1, 0.15) is 0 Å². The minimum absolute atomic E-state index is 0.0439. The number of aliphatic carboxylic acids is 3. The second-order valence-electron chi connectivity index (χ2n) is 7.29. The van der Waals surface area contributed by atoms with Gasteiger partial charge in [-0.1, -0.05) is 19.7 Å². The molecule has 33 heavy (non-hydrogen) atoms. The summed E-state index contributed by atoms with van der Waals surface area (Å²) in [7, 11) is 0. The maximum Gasteiger partial charge on any atom is 0.330 e. The summed E-state index contributed by atoms with van der Waals surface area (Å²) in [6.07, 6.45) is 1.24. The van der Waals surface area contributed by atoms with Gasteiger partial charge in [-0.3, -0.25) is 0 Å². The van der Waals surface area contributed by atoms with E-state index in [9.17, 15) is 19.5 Å². The standard InChI is InChI=1S/C10H22O5.3C4H6O2/c11-5-1-2-9(15)3-4-10(6-12,7-13)8-14;3*1-3(2)4(5)6/h9,11-15H,1-8H2;3*1H2,2H3,(H,5,6). The van der Waals surface area contributed by atoms with Crippen LogP contribution < -0.4 is 0 Å². The summed E-state index contributed by atoms with van der Waals surface area (Å²) in [5.41, 5.74) is -0.375. The Hall–Kier alpha value is -2.57. The monoisotopic (exact) mass is 480 g/mol. The molecule has 0 aromatic carbocycles. The number of carboxylic acids is 3. The molecular formula is C22H40O11. The third-order valence-corrected chi connectivity index (χ3v) is 3.80. The maximum absolute atomic E-state index is 9.60. The molecule has 0 rings (SSSR count). The third-order valence-electron chi connectivity index (χ3n) is 3.80. The van der Waals surface area contributed by atoms with E-state index >= 15 is 0 Å². The first-order valence-corrected chi connectivity index (χ1v) is 9.85. The second-order valence-corrected chi connectivity index (χ2v) is 7.29. The van der Waals surface area contributed by atoms with Crippen molar-refractivity contribution in [1.82, 2.24) is 0 Å². The number of rotatable bonds is 12. The summed E-state index contributed by atoms with van der Waals surface area (Å²) < 4.78 is 0. The predicted octanol–water partition coefficient (Wildman–Crippen LogP) is 0.805. The Balaban J connectivity index is -0.000000193. The molecule has 0 radical (unpaired) electrons. The highest BCUT2D eigenvalue weighted by molar-refractivity contribution is 5.85. The molecule has 1 unspecified atom stereocenters. The Labute approximate surface area is 194 Å². The van der Waals surface area contributed by atoms with Crippen molar-refractivity contribution in [2.45, 2.75) is 52.6 Å². The molecule has 11 nitrogen and oxygen atoms in total. The molecule has 0 fully saturated rings. The topological polar surface area (TPSA) is 213 Å². The van der Waals surface area contributed by atoms with Crippen LogP contribution in [0.25, 0.3) is 0 Å². The van der Waals surface area contributed by atoms with Crippen LogP contribution in [0, 0.1) is 5.41 Å². The van der Waals surface area contributed by atoms with E-state index in [4.69, 9.17) is 35.7 Å². The molecule has 1 atom stereocenters. The van der Waals surface area contributed by atoms with Gasteiger partial charge in [0.25, 0.3) is 0 Å². The van der Waals surface area contributed by atoms with E-state index in [-0.39, 0.29) is 43.1 Å². The van der Waals surface area contributed by atoms with Crippen molar-refractivity contribution in [3.8, 4) is 0 Å². The molecule has 0 aromatic rings. The first kappa shape index (κ1) is 37.7. The molecule has 0 bridgehead atoms. The van der Waals surface area contributed by atoms with Crippen molar-refractivity contribution >= 4 is 17.9 Å². The van der Waals surface area contributed by atoms with Crippen LogP contribution in [0.5, 0.6) is 0 Å². The lowest BCUT2D eigenvalue weighted by molar-refractivity contribution is -0.133. The first-order chi connectivity index (χ1) is 15.1. The van der Waals surface area contributed by atoms with Crippen molar-refractivity contribution in [3.05, 3.63) is 36.5 Å². The average Bonchev–Trinajstić information content (AvgIpc) is 2.74. The minimum Gasteiger partial charge on any atom is -0.478 e. The minimum atomic E-state index is -0.935. The van der Waals surface area contributed by atoms with Crippen LogP contribution in [-0.2, 0) is 14.4 Å². The number of hydrogen-bond donors (Lipinski definition) is 8. The van der Waals surface area contributed by atoms with Crippen LogP contribution >= 0.6 is 0 Å². The zero-order chi connectivity index (χ0) is 27.2. The van der Waals surface area contributed by atoms with Crippen LogP contribution in [-0.4, -0.2) is 91.3 Å². The van der Waals surface area contributed by atoms with Crippen molar-refractivity contribution < 1.29 is 55.2 Å². The molecule has 0 spiro atoms. The molecule has 0 saturated carbocycles. The maximum atomic E-state index is 9.60. The van der Waals surface area contributed by atoms with Crippen LogP contribution in [0.2, 0.25) is 0 Å². The van der Waals surface area contributed by atoms with E-state index in [1.54, 1.807) is 0 Å². The van der Waals surface area contributed by atoms with E-state index in [0.29, 0.717) is 25.7 Å². The van der Waals surface area contributed by atoms with Gasteiger partial charge in [-0.05, 0) is 46.5 Å². The number of aliphatic hydroxyl groups is 5. The van der Waals surface area contributed by atoms with Crippen LogP contribution in [0.1, 0.15) is 46.5 Å². The molecule has 11 heteroatoms. The fourth-order valence-electron chi connectivity index (χ4n) is 1.33. The van der Waals surface area contributed by atoms with E-state index < -0.39 is 29.4 Å². The Morgan fingerprint density at radius 1 is 0.697 bits per heavy atom. The van der Waals surface area contributed by atoms with Gasteiger partial charge in [-0.25, -0.2) is 14.4 Å². The van der Waals surface area contributed by atoms with Crippen LogP contribution in [0.3, 0.4) is 0 Å². The van der Waals surface area contributed by atoms with E-state index in [0.717, 1.165) is 0 Å². The largest absolute Gasteiger partial charge is 0.478 e. The van der Waals surface area contributed by atoms with Gasteiger partial charge in [-0.2, -0.15) is 0 Å². The van der Waals surface area contributed by atoms with Gasteiger partial charge in [0.15, 0.2) is 0 Å². The molecule has 0 aliphatic rings. The fourth-order valence-corrected chi connectivity index (χ4v) is 1.33. The summed E-state index contributed by atoms with van der Waals surface area (Å²) in [6, 6.07) is 0. The number of carbonyl (C=O) groups is 3. The summed E-state index contributed by atoms with van der Waals surface area (Å²) in [4.78, 5) is 28.8. The van der Waals surface area contributed by atoms with Crippen LogP contribution in [0.15, 0.2) is 36.5 Å². The van der Waals surface area contributed by atoms with Crippen molar-refractivity contribution in [2.24, 2.45) is 5.41 Å². The smallest absolute Gasteiger partial charge is 0.330 e. The molecule has 0 aliphatic carbocycles. The summed E-state index contributed by atoms with van der Waals surface area (Å²) >= 11 is 0. The Morgan fingerprint density at radius 3 is 1.15 bits per heavy atom. The zero-order valence-corrected chi connectivity index (χ0v) is 19.7. The Bertz CT molecular complexity index is 506. The van der Waals surface area contributed by atoms with Gasteiger partial charge in [0.2, 0.25) is 0 Å². The third kappa shape index (κ3) is 27.4. The fraction of sp³-hybridized carbons (Fsp3) is 0.591. The van der Waals surface area contributed by atoms with Gasteiger partial charge < -0.3 is 40.9 Å². The van der Waals surface area contributed by atoms with E-state index in [1.807, 2.05) is 0 Å². The summed E-state index contributed by atoms with van der Waals surface area (Å²) in [6.45, 7) is 13.0. The molecular weight excluding hydrogens is 440 g/mol. The molecule has 8 N–H and O–H groups in total. The molecule has 194 valence electrons. The lowest BCUT2D eigenvalue weighted by Crippen LogP contribution is -2.34. The normalized spacial score (nSPS) is 10.5. The Kier molecular flexibility index (Phi) is 25.9. The lowest BCUT2D eigenvalue weighted by atomic mass is 9.84. The second kappa shape index (κ2) is 22.6. The highest BCUT2D eigenvalue weighted by Gasteiger charge is 2.28. The van der Waals surface area contributed by atoms with E-state index in [2.05, 4.69) is 19.7 Å². The summed E-state index contributed by atoms with van der Waals surface area (Å²) in [5, 5.41) is 68.8. The highest BCUT2D eigenvalue weighted by atomic mass is 16.4. The van der Waals surface area contributed by atoms with Crippen LogP contribution in [0.4, 0.5) is 0 Å². The van der Waals surface area contributed by atoms with Crippen molar-refractivity contribution in [3.63, 3.8) is 0 Å². The molecule has 0 heterocycles. The van der Waals surface area contributed by atoms with Gasteiger partial charge in [0.05, 0.1) is 25.9 Å². The number of carboxylic acid groups (broad SMARTS) is 3. The first-order valence-electron chi connectivity index (χ1n) is 9.85. The lowest BCUT2D eigenvalue weighted by Gasteiger charge is -2.28. The quantitative estimate of drug-likeness (QED) is 0.183. The van der Waals surface area contributed by atoms with Gasteiger partial charge in [-0.15, -0.1) is 0 Å². The van der Waals surface area contributed by atoms with Gasteiger partial charge in [0, 0.05) is 28.7 Å². The van der Waals surface area contributed by atoms with Gasteiger partial charge >= 0.3 is 17.9 Å². The average molecular weight is 481 g/mol. The molecule has 0 amide bonds. The van der Waals surface area contributed by atoms with E-state index in [1.165, 1.54) is 20.8 Å². The van der Waals surface area contributed by atoms with Crippen molar-refractivity contribution in [1.29, 1.82) is 0 Å². The predicted molar refractivity (Wildman–Crippen MR) is 123 cm³/mol. The summed E-state index contributed by atoms with van der Waals surface area (Å²) in [5.74, 6) is -2.81. The number of aliphatic hydroxyl groups excluding tert-OH is 5. The van der Waals surface area contributed by atoms with Crippen molar-refractivity contribution in [2.75, 3.05) is 26.4 Å². The highest BCUT2D eigenvalue weighted by Crippen LogP contribution is 2.23. The molecule has 0 aliphatic heterocycles. The molecule has 0 aromatic heterocycles. The zero-order valence-electron chi connectivity index (χ0n) is 19.7. The Morgan fingerprint density at radius 2 is 0.970 bits per heavy atom. The number of hydrogen-bond acceptors (Lipinski definition) is 8. The SMILES string of the molecule is C=C(C)C(=O)O.C=C(C)C(=O)O.C=C(C)C(=O)O.OCCCC(O)CCC(CO)(CO)CO. The molecule has 0 saturated heterocycles.